The van der Waals surface area contributed by atoms with Gasteiger partial charge in [-0.1, -0.05) is 38.1 Å². The minimum atomic E-state index is -0.0833. The maximum Gasteiger partial charge on any atom is 0.225 e. The topological polar surface area (TPSA) is 52.7 Å². The maximum absolute atomic E-state index is 12.5. The lowest BCUT2D eigenvalue weighted by molar-refractivity contribution is -0.134. The summed E-state index contributed by atoms with van der Waals surface area (Å²) in [5, 5.41) is 3.05. The quantitative estimate of drug-likeness (QED) is 0.848. The van der Waals surface area contributed by atoms with Crippen molar-refractivity contribution in [2.45, 2.75) is 53.1 Å². The minimum Gasteiger partial charge on any atom is -0.352 e. The van der Waals surface area contributed by atoms with Crippen molar-refractivity contribution in [3.05, 3.63) is 35.4 Å². The van der Waals surface area contributed by atoms with Crippen LogP contribution in [0, 0.1) is 17.8 Å². The zero-order valence-corrected chi connectivity index (χ0v) is 17.6. The predicted octanol–water partition coefficient (Wildman–Crippen LogP) is 3.04. The molecule has 1 N–H and O–H groups in total. The number of rotatable bonds is 5. The van der Waals surface area contributed by atoms with Crippen molar-refractivity contribution in [2.75, 3.05) is 26.2 Å². The van der Waals surface area contributed by atoms with Gasteiger partial charge in [0.05, 0.1) is 5.92 Å². The van der Waals surface area contributed by atoms with Gasteiger partial charge in [0.1, 0.15) is 0 Å². The van der Waals surface area contributed by atoms with Crippen molar-refractivity contribution in [3.63, 3.8) is 0 Å². The molecule has 3 atom stereocenters. The second kappa shape index (κ2) is 9.55. The zero-order chi connectivity index (χ0) is 20.1. The molecule has 0 unspecified atom stereocenters. The highest BCUT2D eigenvalue weighted by molar-refractivity contribution is 5.80. The first-order chi connectivity index (χ1) is 13.4. The molecule has 2 fully saturated rings. The molecular weight excluding hydrogens is 350 g/mol. The van der Waals surface area contributed by atoms with Gasteiger partial charge in [-0.15, -0.1) is 0 Å². The van der Waals surface area contributed by atoms with Crippen LogP contribution in [0.1, 0.15) is 51.2 Å². The first-order valence-electron chi connectivity index (χ1n) is 10.7. The summed E-state index contributed by atoms with van der Waals surface area (Å²) in [4.78, 5) is 28.4. The number of nitrogens with zero attached hydrogens (tertiary/aromatic N) is 2. The van der Waals surface area contributed by atoms with Crippen LogP contribution in [0.2, 0.25) is 0 Å². The molecule has 0 saturated carbocycles. The maximum atomic E-state index is 12.5. The predicted molar refractivity (Wildman–Crippen MR) is 111 cm³/mol. The van der Waals surface area contributed by atoms with Gasteiger partial charge in [0.15, 0.2) is 0 Å². The second-order valence-electron chi connectivity index (χ2n) is 8.98. The average molecular weight is 386 g/mol. The van der Waals surface area contributed by atoms with Gasteiger partial charge in [-0.05, 0) is 42.2 Å². The van der Waals surface area contributed by atoms with E-state index in [0.717, 1.165) is 43.3 Å². The Morgan fingerprint density at radius 2 is 1.68 bits per heavy atom. The lowest BCUT2D eigenvalue weighted by atomic mass is 9.91. The van der Waals surface area contributed by atoms with Gasteiger partial charge in [0.2, 0.25) is 11.8 Å². The fraction of sp³-hybridized carbons (Fsp3) is 0.652. The molecule has 28 heavy (non-hydrogen) atoms. The van der Waals surface area contributed by atoms with Crippen molar-refractivity contribution >= 4 is 11.8 Å². The van der Waals surface area contributed by atoms with Crippen LogP contribution >= 0.6 is 0 Å². The third-order valence-electron chi connectivity index (χ3n) is 6.08. The molecule has 0 aliphatic carbocycles. The second-order valence-corrected chi connectivity index (χ2v) is 8.98. The molecular formula is C23H35N3O2. The summed E-state index contributed by atoms with van der Waals surface area (Å²) < 4.78 is 0. The Hall–Kier alpha value is -1.88. The molecule has 5 heteroatoms. The summed E-state index contributed by atoms with van der Waals surface area (Å²) in [6.07, 6.45) is 3.10. The Balaban J connectivity index is 1.46. The van der Waals surface area contributed by atoms with Crippen molar-refractivity contribution in [2.24, 2.45) is 17.8 Å². The van der Waals surface area contributed by atoms with Gasteiger partial charge in [0, 0.05) is 46.2 Å². The zero-order valence-electron chi connectivity index (χ0n) is 17.6. The lowest BCUT2D eigenvalue weighted by Gasteiger charge is -2.35. The number of piperidine rings is 2. The molecule has 2 saturated heterocycles. The first-order valence-corrected chi connectivity index (χ1v) is 10.7. The number of hydrogen-bond donors (Lipinski definition) is 1. The van der Waals surface area contributed by atoms with E-state index in [1.165, 1.54) is 25.1 Å². The summed E-state index contributed by atoms with van der Waals surface area (Å²) in [5.41, 5.74) is 2.46. The smallest absolute Gasteiger partial charge is 0.225 e. The van der Waals surface area contributed by atoms with Crippen LogP contribution in [0.15, 0.2) is 24.3 Å². The fourth-order valence-electron chi connectivity index (χ4n) is 4.75. The molecule has 5 nitrogen and oxygen atoms in total. The Bertz CT molecular complexity index is 663. The Kier molecular flexibility index (Phi) is 7.11. The van der Waals surface area contributed by atoms with Gasteiger partial charge >= 0.3 is 0 Å². The van der Waals surface area contributed by atoms with Gasteiger partial charge in [-0.2, -0.15) is 0 Å². The summed E-state index contributed by atoms with van der Waals surface area (Å²) in [5.74, 6) is 1.59. The van der Waals surface area contributed by atoms with Gasteiger partial charge in [-0.25, -0.2) is 0 Å². The first kappa shape index (κ1) is 20.8. The molecule has 2 aliphatic rings. The van der Waals surface area contributed by atoms with Crippen molar-refractivity contribution in [3.8, 4) is 0 Å². The Morgan fingerprint density at radius 3 is 2.32 bits per heavy atom. The molecule has 2 amide bonds. The van der Waals surface area contributed by atoms with Crippen molar-refractivity contribution in [1.82, 2.24) is 15.1 Å². The van der Waals surface area contributed by atoms with E-state index in [1.54, 1.807) is 11.8 Å². The van der Waals surface area contributed by atoms with Crippen LogP contribution in [0.4, 0.5) is 0 Å². The van der Waals surface area contributed by atoms with E-state index in [0.29, 0.717) is 13.1 Å². The SMILES string of the molecule is CC(=O)N1CCC[C@@H](C(=O)NCc2ccc(CN3C[C@H](C)C[C@H](C)C3)cc2)C1. The number of hydrogen-bond acceptors (Lipinski definition) is 3. The van der Waals surface area contributed by atoms with Crippen LogP contribution in [0.3, 0.4) is 0 Å². The van der Waals surface area contributed by atoms with E-state index >= 15 is 0 Å². The van der Waals surface area contributed by atoms with E-state index in [-0.39, 0.29) is 17.7 Å². The fourth-order valence-corrected chi connectivity index (χ4v) is 4.75. The van der Waals surface area contributed by atoms with E-state index < -0.39 is 0 Å². The van der Waals surface area contributed by atoms with E-state index in [2.05, 4.69) is 48.3 Å². The molecule has 0 aromatic heterocycles. The van der Waals surface area contributed by atoms with E-state index in [9.17, 15) is 9.59 Å². The number of carbonyl (C=O) groups is 2. The summed E-state index contributed by atoms with van der Waals surface area (Å²) in [6.45, 7) is 11.5. The molecule has 0 spiro atoms. The molecule has 2 aliphatic heterocycles. The molecule has 0 radical (unpaired) electrons. The van der Waals surface area contributed by atoms with Crippen molar-refractivity contribution in [1.29, 1.82) is 0 Å². The normalized spacial score (nSPS) is 26.1. The summed E-state index contributed by atoms with van der Waals surface area (Å²) in [7, 11) is 0. The van der Waals surface area contributed by atoms with Crippen LogP contribution in [0.25, 0.3) is 0 Å². The molecule has 1 aromatic carbocycles. The van der Waals surface area contributed by atoms with E-state index in [1.807, 2.05) is 0 Å². The molecule has 3 rings (SSSR count). The average Bonchev–Trinajstić information content (AvgIpc) is 2.66. The van der Waals surface area contributed by atoms with Crippen molar-refractivity contribution < 1.29 is 9.59 Å². The number of amides is 2. The van der Waals surface area contributed by atoms with Gasteiger partial charge in [-0.3, -0.25) is 14.5 Å². The largest absolute Gasteiger partial charge is 0.352 e. The third-order valence-corrected chi connectivity index (χ3v) is 6.08. The van der Waals surface area contributed by atoms with Gasteiger partial charge in [0.25, 0.3) is 0 Å². The Labute approximate surface area is 169 Å². The Morgan fingerprint density at radius 1 is 1.04 bits per heavy atom. The molecule has 1 aromatic rings. The standard InChI is InChI=1S/C23H35N3O2/c1-17-11-18(2)14-25(13-17)15-21-8-6-20(7-9-21)12-24-23(28)22-5-4-10-26(16-22)19(3)27/h6-9,17-18,22H,4-5,10-16H2,1-3H3,(H,24,28)/t17-,18+,22-/m1/s1. The summed E-state index contributed by atoms with van der Waals surface area (Å²) in [6, 6.07) is 8.61. The number of nitrogens with one attached hydrogen (secondary N) is 1. The highest BCUT2D eigenvalue weighted by Crippen LogP contribution is 2.22. The van der Waals surface area contributed by atoms with E-state index in [4.69, 9.17) is 0 Å². The van der Waals surface area contributed by atoms with Crippen LogP contribution in [0.5, 0.6) is 0 Å². The molecule has 2 heterocycles. The van der Waals surface area contributed by atoms with Gasteiger partial charge < -0.3 is 10.2 Å². The lowest BCUT2D eigenvalue weighted by Crippen LogP contribution is -2.44. The number of carbonyl (C=O) groups excluding carboxylic acids is 2. The molecule has 0 bridgehead atoms. The highest BCUT2D eigenvalue weighted by Gasteiger charge is 2.26. The monoisotopic (exact) mass is 385 g/mol. The minimum absolute atomic E-state index is 0.0607. The van der Waals surface area contributed by atoms with Crippen LogP contribution in [-0.4, -0.2) is 47.8 Å². The number of likely N-dealkylation sites (tertiary alicyclic amines) is 2. The number of benzene rings is 1. The summed E-state index contributed by atoms with van der Waals surface area (Å²) >= 11 is 0. The van der Waals surface area contributed by atoms with Crippen LogP contribution < -0.4 is 5.32 Å². The third kappa shape index (κ3) is 5.81. The van der Waals surface area contributed by atoms with Crippen LogP contribution in [-0.2, 0) is 22.7 Å². The highest BCUT2D eigenvalue weighted by atomic mass is 16.2. The molecule has 154 valence electrons.